The van der Waals surface area contributed by atoms with E-state index >= 15 is 0 Å². The maximum absolute atomic E-state index is 13.2. The smallest absolute Gasteiger partial charge is 0.338 e. The number of amides is 1. The number of anilines is 1. The van der Waals surface area contributed by atoms with E-state index in [9.17, 15) is 9.59 Å². The first-order chi connectivity index (χ1) is 19.7. The molecule has 0 radical (unpaired) electrons. The van der Waals surface area contributed by atoms with Crippen LogP contribution in [0.3, 0.4) is 0 Å². The third-order valence-electron chi connectivity index (χ3n) is 6.95. The van der Waals surface area contributed by atoms with Crippen LogP contribution in [0.1, 0.15) is 46.0 Å². The molecule has 0 fully saturated rings. The molecule has 1 heterocycles. The zero-order chi connectivity index (χ0) is 29.1. The second-order valence-electron chi connectivity index (χ2n) is 10.5. The summed E-state index contributed by atoms with van der Waals surface area (Å²) in [6.07, 6.45) is -0.593. The zero-order valence-electron chi connectivity index (χ0n) is 24.0. The third-order valence-corrected chi connectivity index (χ3v) is 6.95. The van der Waals surface area contributed by atoms with Crippen LogP contribution in [0.2, 0.25) is 0 Å². The Morgan fingerprint density at radius 3 is 1.76 bits per heavy atom. The van der Waals surface area contributed by atoms with Gasteiger partial charge in [-0.15, -0.1) is 0 Å². The van der Waals surface area contributed by atoms with Crippen LogP contribution in [0, 0.1) is 27.7 Å². The first-order valence-corrected chi connectivity index (χ1v) is 13.8. The number of rotatable bonds is 7. The summed E-state index contributed by atoms with van der Waals surface area (Å²) in [7, 11) is 0. The lowest BCUT2D eigenvalue weighted by Crippen LogP contribution is -2.32. The molecule has 1 aromatic heterocycles. The molecule has 0 saturated carbocycles. The zero-order valence-corrected chi connectivity index (χ0v) is 24.0. The van der Waals surface area contributed by atoms with Gasteiger partial charge in [0.15, 0.2) is 6.10 Å². The standard InChI is InChI=1S/C35H33N3O3/c1-6-31(34(39)36-28-18-23(4)17-24(5)19-28)41-35(40)27-15-16-29-30(20-27)38-33(26-13-9-22(3)10-14-26)32(37-29)25-11-7-21(2)8-12-25/h7-20,31H,6H2,1-5H3,(H,36,39). The molecule has 206 valence electrons. The van der Waals surface area contributed by atoms with Gasteiger partial charge in [-0.2, -0.15) is 0 Å². The molecule has 6 heteroatoms. The molecule has 0 spiro atoms. The van der Waals surface area contributed by atoms with Gasteiger partial charge in [-0.1, -0.05) is 72.6 Å². The molecule has 4 aromatic carbocycles. The fraction of sp³-hybridized carbons (Fsp3) is 0.200. The highest BCUT2D eigenvalue weighted by Gasteiger charge is 2.23. The number of esters is 1. The number of nitrogens with zero attached hydrogens (tertiary/aromatic N) is 2. The monoisotopic (exact) mass is 543 g/mol. The van der Waals surface area contributed by atoms with E-state index in [0.29, 0.717) is 28.7 Å². The second kappa shape index (κ2) is 11.7. The topological polar surface area (TPSA) is 81.2 Å². The normalized spacial score (nSPS) is 11.7. The average Bonchev–Trinajstić information content (AvgIpc) is 2.95. The van der Waals surface area contributed by atoms with Crippen molar-refractivity contribution in [2.45, 2.75) is 47.1 Å². The van der Waals surface area contributed by atoms with Crippen molar-refractivity contribution in [3.05, 3.63) is 113 Å². The van der Waals surface area contributed by atoms with Gasteiger partial charge in [-0.3, -0.25) is 4.79 Å². The third kappa shape index (κ3) is 6.33. The summed E-state index contributed by atoms with van der Waals surface area (Å²) >= 11 is 0. The maximum Gasteiger partial charge on any atom is 0.338 e. The Morgan fingerprint density at radius 2 is 1.22 bits per heavy atom. The van der Waals surface area contributed by atoms with Crippen molar-refractivity contribution >= 4 is 28.6 Å². The molecule has 5 rings (SSSR count). The first-order valence-electron chi connectivity index (χ1n) is 13.8. The lowest BCUT2D eigenvalue weighted by molar-refractivity contribution is -0.124. The number of hydrogen-bond acceptors (Lipinski definition) is 5. The van der Waals surface area contributed by atoms with Crippen LogP contribution in [0.15, 0.2) is 84.9 Å². The van der Waals surface area contributed by atoms with Crippen molar-refractivity contribution in [2.24, 2.45) is 0 Å². The minimum Gasteiger partial charge on any atom is -0.449 e. The Labute approximate surface area is 240 Å². The molecule has 6 nitrogen and oxygen atoms in total. The van der Waals surface area contributed by atoms with Crippen molar-refractivity contribution in [1.29, 1.82) is 0 Å². The summed E-state index contributed by atoms with van der Waals surface area (Å²) in [5.74, 6) is -0.952. The second-order valence-corrected chi connectivity index (χ2v) is 10.5. The Morgan fingerprint density at radius 1 is 0.683 bits per heavy atom. The molecule has 41 heavy (non-hydrogen) atoms. The van der Waals surface area contributed by atoms with Crippen LogP contribution in [-0.2, 0) is 9.53 Å². The molecule has 1 unspecified atom stereocenters. The number of carbonyl (C=O) groups is 2. The Kier molecular flexibility index (Phi) is 7.92. The van der Waals surface area contributed by atoms with Crippen LogP contribution in [0.4, 0.5) is 5.69 Å². The van der Waals surface area contributed by atoms with Crippen molar-refractivity contribution in [1.82, 2.24) is 9.97 Å². The highest BCUT2D eigenvalue weighted by Crippen LogP contribution is 2.32. The van der Waals surface area contributed by atoms with Crippen molar-refractivity contribution in [2.75, 3.05) is 5.32 Å². The average molecular weight is 544 g/mol. The van der Waals surface area contributed by atoms with E-state index < -0.39 is 12.1 Å². The molecule has 0 aliphatic rings. The predicted octanol–water partition coefficient (Wildman–Crippen LogP) is 7.77. The van der Waals surface area contributed by atoms with E-state index in [0.717, 1.165) is 44.8 Å². The molecule has 0 aliphatic heterocycles. The fourth-order valence-electron chi connectivity index (χ4n) is 4.80. The Bertz CT molecular complexity index is 1720. The van der Waals surface area contributed by atoms with Crippen molar-refractivity contribution < 1.29 is 14.3 Å². The van der Waals surface area contributed by atoms with Gasteiger partial charge >= 0.3 is 5.97 Å². The molecule has 0 bridgehead atoms. The fourth-order valence-corrected chi connectivity index (χ4v) is 4.80. The largest absolute Gasteiger partial charge is 0.449 e. The number of nitrogens with one attached hydrogen (secondary N) is 1. The predicted molar refractivity (Wildman–Crippen MR) is 164 cm³/mol. The number of fused-ring (bicyclic) bond motifs is 1. The van der Waals surface area contributed by atoms with Gasteiger partial charge in [0, 0.05) is 16.8 Å². The minimum absolute atomic E-state index is 0.308. The van der Waals surface area contributed by atoms with Crippen LogP contribution in [-0.4, -0.2) is 27.9 Å². The van der Waals surface area contributed by atoms with Gasteiger partial charge in [0.05, 0.1) is 28.0 Å². The summed E-state index contributed by atoms with van der Waals surface area (Å²) in [4.78, 5) is 36.1. The molecule has 5 aromatic rings. The van der Waals surface area contributed by atoms with Gasteiger partial charge in [-0.05, 0) is 75.6 Å². The van der Waals surface area contributed by atoms with Crippen LogP contribution in [0.25, 0.3) is 33.5 Å². The quantitative estimate of drug-likeness (QED) is 0.212. The molecule has 1 amide bonds. The van der Waals surface area contributed by atoms with E-state index in [4.69, 9.17) is 14.7 Å². The van der Waals surface area contributed by atoms with Crippen molar-refractivity contribution in [3.63, 3.8) is 0 Å². The lowest BCUT2D eigenvalue weighted by atomic mass is 10.0. The first kappa shape index (κ1) is 27.7. The highest BCUT2D eigenvalue weighted by atomic mass is 16.5. The molecule has 1 N–H and O–H groups in total. The molecule has 1 atom stereocenters. The van der Waals surface area contributed by atoms with E-state index in [2.05, 4.69) is 17.4 Å². The molecule has 0 aliphatic carbocycles. The highest BCUT2D eigenvalue weighted by molar-refractivity contribution is 5.99. The number of ether oxygens (including phenoxy) is 1. The summed E-state index contributed by atoms with van der Waals surface area (Å²) in [5.41, 5.74) is 10.00. The Balaban J connectivity index is 1.45. The van der Waals surface area contributed by atoms with Crippen molar-refractivity contribution in [3.8, 4) is 22.5 Å². The van der Waals surface area contributed by atoms with E-state index in [1.165, 1.54) is 0 Å². The van der Waals surface area contributed by atoms with Gasteiger partial charge < -0.3 is 10.1 Å². The van der Waals surface area contributed by atoms with E-state index in [1.54, 1.807) is 18.2 Å². The lowest BCUT2D eigenvalue weighted by Gasteiger charge is -2.17. The van der Waals surface area contributed by atoms with Crippen LogP contribution >= 0.6 is 0 Å². The van der Waals surface area contributed by atoms with Gasteiger partial charge in [0.25, 0.3) is 5.91 Å². The number of aryl methyl sites for hydroxylation is 4. The summed E-state index contributed by atoms with van der Waals surface area (Å²) in [5, 5.41) is 2.88. The number of hydrogen-bond donors (Lipinski definition) is 1. The Hall–Kier alpha value is -4.84. The van der Waals surface area contributed by atoms with Gasteiger partial charge in [0.2, 0.25) is 0 Å². The molecule has 0 saturated heterocycles. The number of aromatic nitrogens is 2. The maximum atomic E-state index is 13.2. The van der Waals surface area contributed by atoms with Gasteiger partial charge in [0.1, 0.15) is 0 Å². The van der Waals surface area contributed by atoms with E-state index in [1.807, 2.05) is 89.2 Å². The summed E-state index contributed by atoms with van der Waals surface area (Å²) in [6.45, 7) is 9.84. The SMILES string of the molecule is CCC(OC(=O)c1ccc2nc(-c3ccc(C)cc3)c(-c3ccc(C)cc3)nc2c1)C(=O)Nc1cc(C)cc(C)c1. The van der Waals surface area contributed by atoms with Crippen LogP contribution in [0.5, 0.6) is 0 Å². The van der Waals surface area contributed by atoms with Gasteiger partial charge in [-0.25, -0.2) is 14.8 Å². The molecular formula is C35H33N3O3. The van der Waals surface area contributed by atoms with Crippen LogP contribution < -0.4 is 5.32 Å². The number of benzene rings is 4. The minimum atomic E-state index is -0.933. The molecular weight excluding hydrogens is 510 g/mol. The van der Waals surface area contributed by atoms with E-state index in [-0.39, 0.29) is 5.91 Å². The summed E-state index contributed by atoms with van der Waals surface area (Å²) < 4.78 is 5.66. The number of carbonyl (C=O) groups excluding carboxylic acids is 2. The summed E-state index contributed by atoms with van der Waals surface area (Å²) in [6, 6.07) is 27.3.